The van der Waals surface area contributed by atoms with Gasteiger partial charge in [0.15, 0.2) is 0 Å². The summed E-state index contributed by atoms with van der Waals surface area (Å²) in [4.78, 5) is 14.1. The van der Waals surface area contributed by atoms with Crippen molar-refractivity contribution in [2.24, 2.45) is 0 Å². The summed E-state index contributed by atoms with van der Waals surface area (Å²) >= 11 is 3.43. The summed E-state index contributed by atoms with van der Waals surface area (Å²) in [5.74, 6) is 0.132. The smallest absolute Gasteiger partial charge is 0.220 e. The summed E-state index contributed by atoms with van der Waals surface area (Å²) in [5, 5.41) is 2.98. The second-order valence-electron chi connectivity index (χ2n) is 5.89. The van der Waals surface area contributed by atoms with E-state index in [1.165, 1.54) is 5.56 Å². The van der Waals surface area contributed by atoms with Gasteiger partial charge < -0.3 is 15.0 Å². The van der Waals surface area contributed by atoms with Gasteiger partial charge in [0.05, 0.1) is 12.7 Å². The molecule has 0 unspecified atom stereocenters. The van der Waals surface area contributed by atoms with Crippen molar-refractivity contribution in [3.05, 3.63) is 34.3 Å². The van der Waals surface area contributed by atoms with Crippen LogP contribution in [0.4, 0.5) is 0 Å². The lowest BCUT2D eigenvalue weighted by molar-refractivity contribution is -0.122. The number of nitrogens with one attached hydrogen (secondary N) is 1. The first-order valence-electron chi connectivity index (χ1n) is 7.95. The predicted molar refractivity (Wildman–Crippen MR) is 91.9 cm³/mol. The Kier molecular flexibility index (Phi) is 7.36. The summed E-state index contributed by atoms with van der Waals surface area (Å²) in [6, 6.07) is 8.37. The van der Waals surface area contributed by atoms with Crippen molar-refractivity contribution in [3.63, 3.8) is 0 Å². The fourth-order valence-electron chi connectivity index (χ4n) is 2.57. The Morgan fingerprint density at radius 2 is 2.14 bits per heavy atom. The van der Waals surface area contributed by atoms with Crippen molar-refractivity contribution < 1.29 is 9.53 Å². The number of nitrogens with zero attached hydrogens (tertiary/aromatic N) is 1. The Bertz CT molecular complexity index is 464. The highest BCUT2D eigenvalue weighted by atomic mass is 79.9. The van der Waals surface area contributed by atoms with Crippen LogP contribution in [-0.2, 0) is 16.0 Å². The fraction of sp³-hybridized carbons (Fsp3) is 0.588. The van der Waals surface area contributed by atoms with E-state index in [2.05, 4.69) is 57.5 Å². The van der Waals surface area contributed by atoms with Crippen LogP contribution in [0.5, 0.6) is 0 Å². The van der Waals surface area contributed by atoms with Crippen molar-refractivity contribution in [1.82, 2.24) is 10.2 Å². The number of halogens is 1. The van der Waals surface area contributed by atoms with Crippen LogP contribution in [0.3, 0.4) is 0 Å². The Hall–Kier alpha value is -0.910. The van der Waals surface area contributed by atoms with E-state index in [0.717, 1.165) is 43.4 Å². The van der Waals surface area contributed by atoms with E-state index in [0.29, 0.717) is 13.0 Å². The predicted octanol–water partition coefficient (Wildman–Crippen LogP) is 2.61. The molecule has 2 rings (SSSR count). The van der Waals surface area contributed by atoms with Gasteiger partial charge in [-0.3, -0.25) is 4.79 Å². The van der Waals surface area contributed by atoms with Crippen molar-refractivity contribution in [2.45, 2.75) is 31.8 Å². The van der Waals surface area contributed by atoms with Crippen LogP contribution in [0.1, 0.15) is 24.8 Å². The number of amides is 1. The topological polar surface area (TPSA) is 41.6 Å². The van der Waals surface area contributed by atoms with Gasteiger partial charge in [0.2, 0.25) is 5.91 Å². The Labute approximate surface area is 141 Å². The third-order valence-electron chi connectivity index (χ3n) is 3.90. The standard InChI is InChI=1S/C17H25BrN2O2/c1-20-10-11-22-16(13-20)12-19-17(21)5-3-2-4-14-6-8-15(18)9-7-14/h6-9,16H,2-5,10-13H2,1H3,(H,19,21)/t16-/m1/s1. The third-order valence-corrected chi connectivity index (χ3v) is 4.43. The van der Waals surface area contributed by atoms with Crippen LogP contribution in [0.15, 0.2) is 28.7 Å². The maximum Gasteiger partial charge on any atom is 0.220 e. The summed E-state index contributed by atoms with van der Waals surface area (Å²) in [6.45, 7) is 3.24. The lowest BCUT2D eigenvalue weighted by Crippen LogP contribution is -2.45. The van der Waals surface area contributed by atoms with Gasteiger partial charge in [0.1, 0.15) is 0 Å². The van der Waals surface area contributed by atoms with Crippen LogP contribution in [0, 0.1) is 0 Å². The number of aryl methyl sites for hydroxylation is 1. The van der Waals surface area contributed by atoms with Gasteiger partial charge in [-0.1, -0.05) is 28.1 Å². The molecular formula is C17H25BrN2O2. The minimum atomic E-state index is 0.130. The molecule has 5 heteroatoms. The minimum absolute atomic E-state index is 0.130. The normalized spacial score (nSPS) is 19.1. The molecule has 1 aromatic carbocycles. The average molecular weight is 369 g/mol. The number of morpholine rings is 1. The second kappa shape index (κ2) is 9.28. The van der Waals surface area contributed by atoms with Crippen LogP contribution < -0.4 is 5.32 Å². The summed E-state index contributed by atoms with van der Waals surface area (Å²) in [7, 11) is 2.08. The third kappa shape index (κ3) is 6.46. The summed E-state index contributed by atoms with van der Waals surface area (Å²) in [6.07, 6.45) is 3.71. The number of rotatable bonds is 7. The van der Waals surface area contributed by atoms with Crippen molar-refractivity contribution in [3.8, 4) is 0 Å². The zero-order chi connectivity index (χ0) is 15.8. The fourth-order valence-corrected chi connectivity index (χ4v) is 2.84. The van der Waals surface area contributed by atoms with E-state index >= 15 is 0 Å². The number of carbonyl (C=O) groups is 1. The minimum Gasteiger partial charge on any atom is -0.374 e. The van der Waals surface area contributed by atoms with E-state index in [1.54, 1.807) is 0 Å². The number of likely N-dealkylation sites (N-methyl/N-ethyl adjacent to an activating group) is 1. The molecule has 4 nitrogen and oxygen atoms in total. The highest BCUT2D eigenvalue weighted by molar-refractivity contribution is 9.10. The van der Waals surface area contributed by atoms with Gasteiger partial charge in [-0.25, -0.2) is 0 Å². The zero-order valence-corrected chi connectivity index (χ0v) is 14.8. The number of carbonyl (C=O) groups excluding carboxylic acids is 1. The second-order valence-corrected chi connectivity index (χ2v) is 6.81. The molecule has 22 heavy (non-hydrogen) atoms. The summed E-state index contributed by atoms with van der Waals surface area (Å²) in [5.41, 5.74) is 1.32. The molecule has 1 aliphatic heterocycles. The molecule has 0 spiro atoms. The molecule has 1 atom stereocenters. The van der Waals surface area contributed by atoms with Crippen molar-refractivity contribution in [2.75, 3.05) is 33.3 Å². The van der Waals surface area contributed by atoms with Gasteiger partial charge in [-0.2, -0.15) is 0 Å². The number of benzene rings is 1. The molecule has 0 aliphatic carbocycles. The van der Waals surface area contributed by atoms with Crippen LogP contribution in [0.25, 0.3) is 0 Å². The molecule has 0 saturated carbocycles. The molecule has 0 bridgehead atoms. The molecule has 0 radical (unpaired) electrons. The van der Waals surface area contributed by atoms with E-state index in [-0.39, 0.29) is 12.0 Å². The van der Waals surface area contributed by atoms with Gasteiger partial charge in [0.25, 0.3) is 0 Å². The summed E-state index contributed by atoms with van der Waals surface area (Å²) < 4.78 is 6.73. The molecule has 122 valence electrons. The molecule has 1 amide bonds. The van der Waals surface area contributed by atoms with Gasteiger partial charge in [-0.05, 0) is 44.0 Å². The Morgan fingerprint density at radius 3 is 2.86 bits per heavy atom. The van der Waals surface area contributed by atoms with E-state index in [4.69, 9.17) is 4.74 Å². The first kappa shape index (κ1) is 17.4. The van der Waals surface area contributed by atoms with Crippen LogP contribution >= 0.6 is 15.9 Å². The lowest BCUT2D eigenvalue weighted by atomic mass is 10.1. The Morgan fingerprint density at radius 1 is 1.36 bits per heavy atom. The van der Waals surface area contributed by atoms with Crippen LogP contribution in [-0.4, -0.2) is 50.2 Å². The monoisotopic (exact) mass is 368 g/mol. The first-order chi connectivity index (χ1) is 10.6. The number of ether oxygens (including phenoxy) is 1. The molecular weight excluding hydrogens is 344 g/mol. The lowest BCUT2D eigenvalue weighted by Gasteiger charge is -2.30. The molecule has 1 aromatic rings. The van der Waals surface area contributed by atoms with Gasteiger partial charge in [-0.15, -0.1) is 0 Å². The SMILES string of the molecule is CN1CCO[C@H](CNC(=O)CCCCc2ccc(Br)cc2)C1. The van der Waals surface area contributed by atoms with E-state index in [9.17, 15) is 4.79 Å². The largest absolute Gasteiger partial charge is 0.374 e. The van der Waals surface area contributed by atoms with E-state index < -0.39 is 0 Å². The maximum atomic E-state index is 11.8. The molecule has 1 heterocycles. The maximum absolute atomic E-state index is 11.8. The molecule has 1 aliphatic rings. The number of hydrogen-bond acceptors (Lipinski definition) is 3. The first-order valence-corrected chi connectivity index (χ1v) is 8.74. The average Bonchev–Trinajstić information content (AvgIpc) is 2.51. The number of unbranched alkanes of at least 4 members (excludes halogenated alkanes) is 1. The Balaban J connectivity index is 1.55. The molecule has 0 aromatic heterocycles. The van der Waals surface area contributed by atoms with Gasteiger partial charge in [0, 0.05) is 30.5 Å². The van der Waals surface area contributed by atoms with Crippen molar-refractivity contribution in [1.29, 1.82) is 0 Å². The number of hydrogen-bond donors (Lipinski definition) is 1. The molecule has 1 saturated heterocycles. The molecule has 1 fully saturated rings. The highest BCUT2D eigenvalue weighted by Crippen LogP contribution is 2.12. The quantitative estimate of drug-likeness (QED) is 0.752. The van der Waals surface area contributed by atoms with Gasteiger partial charge >= 0.3 is 0 Å². The molecule has 1 N–H and O–H groups in total. The van der Waals surface area contributed by atoms with Crippen LogP contribution in [0.2, 0.25) is 0 Å². The highest BCUT2D eigenvalue weighted by Gasteiger charge is 2.17. The van der Waals surface area contributed by atoms with E-state index in [1.807, 2.05) is 0 Å². The van der Waals surface area contributed by atoms with Crippen molar-refractivity contribution >= 4 is 21.8 Å². The zero-order valence-electron chi connectivity index (χ0n) is 13.2.